The summed E-state index contributed by atoms with van der Waals surface area (Å²) < 4.78 is 26.3. The summed E-state index contributed by atoms with van der Waals surface area (Å²) in [5, 5.41) is 9.12. The van der Waals surface area contributed by atoms with Crippen LogP contribution in [0.15, 0.2) is 17.6 Å². The highest BCUT2D eigenvalue weighted by Gasteiger charge is 2.33. The van der Waals surface area contributed by atoms with Crippen molar-refractivity contribution < 1.29 is 18.3 Å². The average molecular weight is 287 g/mol. The molecule has 1 aromatic rings. The summed E-state index contributed by atoms with van der Waals surface area (Å²) in [7, 11) is -3.86. The predicted molar refractivity (Wildman–Crippen MR) is 66.9 cm³/mol. The maximum absolute atomic E-state index is 12.0. The Morgan fingerprint density at radius 2 is 2.11 bits per heavy atom. The van der Waals surface area contributed by atoms with E-state index in [0.717, 1.165) is 38.3 Å². The smallest absolute Gasteiger partial charge is 0.322 e. The van der Waals surface area contributed by atoms with Crippen LogP contribution < -0.4 is 4.72 Å². The van der Waals surface area contributed by atoms with Crippen LogP contribution in [0.1, 0.15) is 32.1 Å². The van der Waals surface area contributed by atoms with Crippen LogP contribution in [0.25, 0.3) is 0 Å². The minimum Gasteiger partial charge on any atom is -0.480 e. The fourth-order valence-electron chi connectivity index (χ4n) is 2.44. The highest BCUT2D eigenvalue weighted by molar-refractivity contribution is 7.89. The number of imidazole rings is 1. The van der Waals surface area contributed by atoms with Crippen LogP contribution in [0.4, 0.5) is 0 Å². The van der Waals surface area contributed by atoms with Crippen molar-refractivity contribution in [3.8, 4) is 0 Å². The fourth-order valence-corrected chi connectivity index (χ4v) is 3.60. The van der Waals surface area contributed by atoms with Gasteiger partial charge in [0.25, 0.3) is 10.0 Å². The molecule has 3 N–H and O–H groups in total. The van der Waals surface area contributed by atoms with E-state index >= 15 is 0 Å². The monoisotopic (exact) mass is 287 g/mol. The maximum atomic E-state index is 12.0. The number of hydrogen-bond donors (Lipinski definition) is 3. The molecule has 0 aromatic carbocycles. The minimum atomic E-state index is -3.86. The second-order valence-corrected chi connectivity index (χ2v) is 6.43. The van der Waals surface area contributed by atoms with Gasteiger partial charge in [0.1, 0.15) is 6.04 Å². The first kappa shape index (κ1) is 14.0. The molecule has 1 aromatic heterocycles. The third-order valence-corrected chi connectivity index (χ3v) is 4.80. The number of aromatic nitrogens is 2. The molecule has 1 heterocycles. The molecule has 0 spiro atoms. The van der Waals surface area contributed by atoms with Gasteiger partial charge < -0.3 is 10.1 Å². The Balaban J connectivity index is 2.15. The molecule has 8 heteroatoms. The van der Waals surface area contributed by atoms with Crippen LogP contribution in [-0.4, -0.2) is 35.5 Å². The molecular weight excluding hydrogens is 270 g/mol. The van der Waals surface area contributed by atoms with E-state index in [4.69, 9.17) is 0 Å². The van der Waals surface area contributed by atoms with Crippen LogP contribution in [0.5, 0.6) is 0 Å². The van der Waals surface area contributed by atoms with Gasteiger partial charge in [0, 0.05) is 0 Å². The van der Waals surface area contributed by atoms with Crippen molar-refractivity contribution in [3.05, 3.63) is 12.5 Å². The Morgan fingerprint density at radius 3 is 2.63 bits per heavy atom. The van der Waals surface area contributed by atoms with Crippen molar-refractivity contribution in [3.63, 3.8) is 0 Å². The molecule has 1 unspecified atom stereocenters. The van der Waals surface area contributed by atoms with Crippen molar-refractivity contribution in [2.24, 2.45) is 5.92 Å². The van der Waals surface area contributed by atoms with E-state index in [9.17, 15) is 18.3 Å². The van der Waals surface area contributed by atoms with Crippen molar-refractivity contribution in [1.82, 2.24) is 14.7 Å². The van der Waals surface area contributed by atoms with Crippen molar-refractivity contribution >= 4 is 16.0 Å². The molecule has 0 radical (unpaired) electrons. The molecular formula is C11H17N3O4S. The zero-order valence-corrected chi connectivity index (χ0v) is 11.2. The van der Waals surface area contributed by atoms with E-state index in [1.54, 1.807) is 0 Å². The number of aromatic amines is 1. The Hall–Kier alpha value is -1.41. The molecule has 0 aliphatic heterocycles. The lowest BCUT2D eigenvalue weighted by Gasteiger charge is -2.27. The van der Waals surface area contributed by atoms with E-state index in [1.165, 1.54) is 6.33 Å². The molecule has 1 saturated carbocycles. The van der Waals surface area contributed by atoms with Gasteiger partial charge in [-0.05, 0) is 18.8 Å². The number of hydrogen-bond acceptors (Lipinski definition) is 4. The lowest BCUT2D eigenvalue weighted by molar-refractivity contribution is -0.140. The molecule has 19 heavy (non-hydrogen) atoms. The van der Waals surface area contributed by atoms with Crippen molar-refractivity contribution in [2.75, 3.05) is 0 Å². The highest BCUT2D eigenvalue weighted by Crippen LogP contribution is 2.27. The first-order valence-corrected chi connectivity index (χ1v) is 7.72. The highest BCUT2D eigenvalue weighted by atomic mass is 32.2. The van der Waals surface area contributed by atoms with Crippen LogP contribution >= 0.6 is 0 Å². The largest absolute Gasteiger partial charge is 0.480 e. The Morgan fingerprint density at radius 1 is 1.42 bits per heavy atom. The maximum Gasteiger partial charge on any atom is 0.322 e. The molecule has 106 valence electrons. The van der Waals surface area contributed by atoms with E-state index in [2.05, 4.69) is 14.7 Å². The van der Waals surface area contributed by atoms with Gasteiger partial charge in [0.05, 0.1) is 12.5 Å². The number of carboxylic acids is 1. The van der Waals surface area contributed by atoms with Gasteiger partial charge in [0.2, 0.25) is 0 Å². The van der Waals surface area contributed by atoms with E-state index in [-0.39, 0.29) is 10.9 Å². The fraction of sp³-hybridized carbons (Fsp3) is 0.636. The molecule has 0 amide bonds. The van der Waals surface area contributed by atoms with E-state index < -0.39 is 22.0 Å². The molecule has 1 aliphatic rings. The lowest BCUT2D eigenvalue weighted by atomic mass is 9.84. The van der Waals surface area contributed by atoms with Gasteiger partial charge in [-0.1, -0.05) is 19.3 Å². The van der Waals surface area contributed by atoms with Gasteiger partial charge in [-0.15, -0.1) is 0 Å². The number of carboxylic acid groups (broad SMARTS) is 1. The number of H-pyrrole nitrogens is 1. The van der Waals surface area contributed by atoms with Crippen LogP contribution in [-0.2, 0) is 14.8 Å². The molecule has 0 saturated heterocycles. The summed E-state index contributed by atoms with van der Waals surface area (Å²) >= 11 is 0. The van der Waals surface area contributed by atoms with Gasteiger partial charge in [-0.2, -0.15) is 4.72 Å². The summed E-state index contributed by atoms with van der Waals surface area (Å²) in [6, 6.07) is -1.08. The van der Waals surface area contributed by atoms with Crippen LogP contribution in [0.2, 0.25) is 0 Å². The number of carbonyl (C=O) groups is 1. The second kappa shape index (κ2) is 5.70. The Labute approximate surface area is 111 Å². The SMILES string of the molecule is O=C(O)C(NS(=O)(=O)c1cnc[nH]1)C1CCCCC1. The summed E-state index contributed by atoms with van der Waals surface area (Å²) in [6.45, 7) is 0. The quantitative estimate of drug-likeness (QED) is 0.738. The van der Waals surface area contributed by atoms with E-state index in [0.29, 0.717) is 0 Å². The Bertz CT molecular complexity index is 520. The van der Waals surface area contributed by atoms with Crippen LogP contribution in [0, 0.1) is 5.92 Å². The normalized spacial score (nSPS) is 19.2. The zero-order valence-electron chi connectivity index (χ0n) is 10.4. The number of nitrogens with zero attached hydrogens (tertiary/aromatic N) is 1. The van der Waals surface area contributed by atoms with Crippen molar-refractivity contribution in [1.29, 1.82) is 0 Å². The lowest BCUT2D eigenvalue weighted by Crippen LogP contribution is -2.46. The Kier molecular flexibility index (Phi) is 4.20. The average Bonchev–Trinajstić information content (AvgIpc) is 2.91. The summed E-state index contributed by atoms with van der Waals surface area (Å²) in [5.41, 5.74) is 0. The third kappa shape index (κ3) is 3.32. The molecule has 0 bridgehead atoms. The minimum absolute atomic E-state index is 0.116. The molecule has 2 rings (SSSR count). The molecule has 7 nitrogen and oxygen atoms in total. The summed E-state index contributed by atoms with van der Waals surface area (Å²) in [6.07, 6.45) is 6.84. The summed E-state index contributed by atoms with van der Waals surface area (Å²) in [4.78, 5) is 17.4. The topological polar surface area (TPSA) is 112 Å². The van der Waals surface area contributed by atoms with Gasteiger partial charge in [0.15, 0.2) is 5.03 Å². The number of rotatable bonds is 5. The summed E-state index contributed by atoms with van der Waals surface area (Å²) in [5.74, 6) is -1.28. The van der Waals surface area contributed by atoms with Crippen LogP contribution in [0.3, 0.4) is 0 Å². The molecule has 1 fully saturated rings. The van der Waals surface area contributed by atoms with Crippen molar-refractivity contribution in [2.45, 2.75) is 43.2 Å². The third-order valence-electron chi connectivity index (χ3n) is 3.43. The molecule has 1 atom stereocenters. The first-order valence-electron chi connectivity index (χ1n) is 6.24. The van der Waals surface area contributed by atoms with Gasteiger partial charge in [-0.25, -0.2) is 13.4 Å². The number of aliphatic carboxylic acids is 1. The van der Waals surface area contributed by atoms with Gasteiger partial charge >= 0.3 is 5.97 Å². The standard InChI is InChI=1S/C11H17N3O4S/c15-11(16)10(8-4-2-1-3-5-8)14-19(17,18)9-6-12-7-13-9/h6-8,10,14H,1-5H2,(H,12,13)(H,15,16). The molecule has 1 aliphatic carbocycles. The first-order chi connectivity index (χ1) is 9.00. The number of nitrogens with one attached hydrogen (secondary N) is 2. The predicted octanol–water partition coefficient (Wildman–Crippen LogP) is 0.721. The zero-order chi connectivity index (χ0) is 13.9. The number of sulfonamides is 1. The second-order valence-electron chi connectivity index (χ2n) is 4.75. The van der Waals surface area contributed by atoms with E-state index in [1.807, 2.05) is 0 Å². The van der Waals surface area contributed by atoms with Gasteiger partial charge in [-0.3, -0.25) is 4.79 Å².